The zero-order valence-corrected chi connectivity index (χ0v) is 11.0. The second-order valence-electron chi connectivity index (χ2n) is 4.49. The summed E-state index contributed by atoms with van der Waals surface area (Å²) in [6, 6.07) is 2.69. The molecule has 2 rings (SSSR count). The number of carbonyl (C=O) groups is 2. The number of rotatable bonds is 3. The van der Waals surface area contributed by atoms with E-state index in [1.807, 2.05) is 0 Å². The lowest BCUT2D eigenvalue weighted by Gasteiger charge is -2.18. The molecule has 2 atom stereocenters. The fraction of sp³-hybridized carbons (Fsp3) is 0.417. The molecule has 1 aliphatic carbocycles. The Balaban J connectivity index is 1.95. The first-order chi connectivity index (χ1) is 9.08. The van der Waals surface area contributed by atoms with Gasteiger partial charge in [-0.1, -0.05) is 18.0 Å². The second-order valence-corrected chi connectivity index (χ2v) is 4.84. The quantitative estimate of drug-likeness (QED) is 0.733. The third-order valence-electron chi connectivity index (χ3n) is 3.21. The summed E-state index contributed by atoms with van der Waals surface area (Å²) in [7, 11) is 0. The van der Waals surface area contributed by atoms with E-state index in [-0.39, 0.29) is 23.0 Å². The first kappa shape index (κ1) is 13.6. The summed E-state index contributed by atoms with van der Waals surface area (Å²) < 4.78 is 0. The van der Waals surface area contributed by atoms with Crippen LogP contribution >= 0.6 is 11.6 Å². The molecule has 102 valence electrons. The average Bonchev–Trinajstić information content (AvgIpc) is 2.80. The molecule has 4 N–H and O–H groups in total. The van der Waals surface area contributed by atoms with Crippen molar-refractivity contribution >= 4 is 29.2 Å². The predicted molar refractivity (Wildman–Crippen MR) is 71.7 cm³/mol. The molecule has 0 aliphatic heterocycles. The molecule has 0 aromatic carbocycles. The van der Waals surface area contributed by atoms with Crippen molar-refractivity contribution in [2.45, 2.75) is 25.3 Å². The Kier molecular flexibility index (Phi) is 4.21. The van der Waals surface area contributed by atoms with E-state index >= 15 is 0 Å². The van der Waals surface area contributed by atoms with Crippen LogP contribution in [0.15, 0.2) is 18.3 Å². The minimum Gasteiger partial charge on any atom is -0.369 e. The van der Waals surface area contributed by atoms with Crippen molar-refractivity contribution in [2.75, 3.05) is 5.32 Å². The highest BCUT2D eigenvalue weighted by Gasteiger charge is 2.32. The highest BCUT2D eigenvalue weighted by atomic mass is 35.5. The van der Waals surface area contributed by atoms with Gasteiger partial charge in [0.25, 0.3) is 0 Å². The van der Waals surface area contributed by atoms with E-state index in [4.69, 9.17) is 17.3 Å². The Morgan fingerprint density at radius 2 is 2.21 bits per heavy atom. The number of hydrogen-bond acceptors (Lipinski definition) is 3. The zero-order chi connectivity index (χ0) is 13.8. The number of aromatic nitrogens is 1. The van der Waals surface area contributed by atoms with Crippen LogP contribution < -0.4 is 16.4 Å². The summed E-state index contributed by atoms with van der Waals surface area (Å²) >= 11 is 5.84. The Morgan fingerprint density at radius 1 is 1.42 bits per heavy atom. The maximum Gasteiger partial charge on any atom is 0.319 e. The number of nitrogens with zero attached hydrogens (tertiary/aromatic N) is 1. The van der Waals surface area contributed by atoms with Crippen LogP contribution in [0, 0.1) is 5.92 Å². The highest BCUT2D eigenvalue weighted by Crippen LogP contribution is 2.25. The number of hydrogen-bond donors (Lipinski definition) is 3. The van der Waals surface area contributed by atoms with Crippen LogP contribution in [0.2, 0.25) is 5.15 Å². The maximum atomic E-state index is 11.8. The Bertz CT molecular complexity index is 494. The molecule has 3 amide bonds. The SMILES string of the molecule is NC(=O)[C@H]1CCC[C@H]1NC(=O)Nc1cccnc1Cl. The number of pyridine rings is 1. The van der Waals surface area contributed by atoms with Crippen molar-refractivity contribution in [1.29, 1.82) is 0 Å². The molecule has 1 aliphatic rings. The predicted octanol–water partition coefficient (Wildman–Crippen LogP) is 1.51. The number of urea groups is 1. The van der Waals surface area contributed by atoms with Gasteiger partial charge >= 0.3 is 6.03 Å². The molecule has 1 saturated carbocycles. The fourth-order valence-corrected chi connectivity index (χ4v) is 2.45. The maximum absolute atomic E-state index is 11.8. The molecule has 1 fully saturated rings. The number of anilines is 1. The molecule has 1 aromatic rings. The first-order valence-electron chi connectivity index (χ1n) is 6.05. The standard InChI is InChI=1S/C12H15ClN4O2/c13-10-9(5-2-6-15-10)17-12(19)16-8-4-1-3-7(8)11(14)18/h2,5-8H,1,3-4H2,(H2,14,18)(H2,16,17,19)/t7-,8+/m0/s1. The molecule has 0 saturated heterocycles. The molecule has 0 spiro atoms. The van der Waals surface area contributed by atoms with Gasteiger partial charge in [0.05, 0.1) is 11.6 Å². The van der Waals surface area contributed by atoms with E-state index < -0.39 is 6.03 Å². The molecule has 1 heterocycles. The summed E-state index contributed by atoms with van der Waals surface area (Å²) in [6.45, 7) is 0. The second kappa shape index (κ2) is 5.88. The summed E-state index contributed by atoms with van der Waals surface area (Å²) in [5.41, 5.74) is 5.72. The number of halogens is 1. The third-order valence-corrected chi connectivity index (χ3v) is 3.51. The Morgan fingerprint density at radius 3 is 2.89 bits per heavy atom. The van der Waals surface area contributed by atoms with Crippen molar-refractivity contribution in [3.63, 3.8) is 0 Å². The van der Waals surface area contributed by atoms with Crippen LogP contribution in [0.1, 0.15) is 19.3 Å². The van der Waals surface area contributed by atoms with Crippen molar-refractivity contribution < 1.29 is 9.59 Å². The molecule has 0 bridgehead atoms. The monoisotopic (exact) mass is 282 g/mol. The summed E-state index contributed by atoms with van der Waals surface area (Å²) in [5, 5.41) is 5.57. The molecular formula is C12H15ClN4O2. The van der Waals surface area contributed by atoms with Crippen LogP contribution in [0.5, 0.6) is 0 Å². The van der Waals surface area contributed by atoms with E-state index in [1.165, 1.54) is 6.20 Å². The van der Waals surface area contributed by atoms with Crippen molar-refractivity contribution in [2.24, 2.45) is 11.7 Å². The van der Waals surface area contributed by atoms with Gasteiger partial charge in [-0.2, -0.15) is 0 Å². The number of primary amides is 1. The summed E-state index contributed by atoms with van der Waals surface area (Å²) in [6.07, 6.45) is 3.88. The van der Waals surface area contributed by atoms with Crippen LogP contribution in [-0.2, 0) is 4.79 Å². The van der Waals surface area contributed by atoms with E-state index in [1.54, 1.807) is 12.1 Å². The van der Waals surface area contributed by atoms with Gasteiger partial charge in [0.1, 0.15) is 0 Å². The highest BCUT2D eigenvalue weighted by molar-refractivity contribution is 6.32. The van der Waals surface area contributed by atoms with Crippen LogP contribution in [-0.4, -0.2) is 23.0 Å². The molecule has 0 unspecified atom stereocenters. The van der Waals surface area contributed by atoms with Crippen molar-refractivity contribution in [3.8, 4) is 0 Å². The Labute approximate surface area is 115 Å². The van der Waals surface area contributed by atoms with Gasteiger partial charge < -0.3 is 16.4 Å². The van der Waals surface area contributed by atoms with Gasteiger partial charge in [0.15, 0.2) is 5.15 Å². The van der Waals surface area contributed by atoms with E-state index in [0.29, 0.717) is 12.1 Å². The summed E-state index contributed by atoms with van der Waals surface area (Å²) in [4.78, 5) is 26.9. The number of amides is 3. The van der Waals surface area contributed by atoms with Gasteiger partial charge in [-0.25, -0.2) is 9.78 Å². The molecule has 1 aromatic heterocycles. The topological polar surface area (TPSA) is 97.1 Å². The molecular weight excluding hydrogens is 268 g/mol. The number of nitrogens with two attached hydrogens (primary N) is 1. The molecule has 7 heteroatoms. The largest absolute Gasteiger partial charge is 0.369 e. The minimum absolute atomic E-state index is 0.215. The molecule has 0 radical (unpaired) electrons. The van der Waals surface area contributed by atoms with E-state index in [9.17, 15) is 9.59 Å². The van der Waals surface area contributed by atoms with Gasteiger partial charge in [-0.15, -0.1) is 0 Å². The third kappa shape index (κ3) is 3.35. The minimum atomic E-state index is -0.409. The van der Waals surface area contributed by atoms with Gasteiger partial charge in [0, 0.05) is 12.2 Å². The fourth-order valence-electron chi connectivity index (χ4n) is 2.28. The lowest BCUT2D eigenvalue weighted by Crippen LogP contribution is -2.44. The Hall–Kier alpha value is -1.82. The van der Waals surface area contributed by atoms with Crippen LogP contribution in [0.4, 0.5) is 10.5 Å². The zero-order valence-electron chi connectivity index (χ0n) is 10.2. The van der Waals surface area contributed by atoms with Crippen LogP contribution in [0.3, 0.4) is 0 Å². The van der Waals surface area contributed by atoms with Crippen molar-refractivity contribution in [3.05, 3.63) is 23.5 Å². The first-order valence-corrected chi connectivity index (χ1v) is 6.43. The lowest BCUT2D eigenvalue weighted by molar-refractivity contribution is -0.122. The van der Waals surface area contributed by atoms with Crippen molar-refractivity contribution in [1.82, 2.24) is 10.3 Å². The molecule has 19 heavy (non-hydrogen) atoms. The summed E-state index contributed by atoms with van der Waals surface area (Å²) in [5.74, 6) is -0.669. The van der Waals surface area contributed by atoms with Gasteiger partial charge in [-0.05, 0) is 25.0 Å². The average molecular weight is 283 g/mol. The van der Waals surface area contributed by atoms with Gasteiger partial charge in [-0.3, -0.25) is 4.79 Å². The normalized spacial score (nSPS) is 21.9. The lowest BCUT2D eigenvalue weighted by atomic mass is 10.0. The smallest absolute Gasteiger partial charge is 0.319 e. The molecule has 6 nitrogen and oxygen atoms in total. The van der Waals surface area contributed by atoms with E-state index in [2.05, 4.69) is 15.6 Å². The van der Waals surface area contributed by atoms with E-state index in [0.717, 1.165) is 12.8 Å². The van der Waals surface area contributed by atoms with Crippen LogP contribution in [0.25, 0.3) is 0 Å². The number of nitrogens with one attached hydrogen (secondary N) is 2. The number of carbonyl (C=O) groups excluding carboxylic acids is 2. The van der Waals surface area contributed by atoms with Gasteiger partial charge in [0.2, 0.25) is 5.91 Å².